The van der Waals surface area contributed by atoms with E-state index in [-0.39, 0.29) is 0 Å². The van der Waals surface area contributed by atoms with Crippen LogP contribution in [-0.2, 0) is 13.1 Å². The summed E-state index contributed by atoms with van der Waals surface area (Å²) in [7, 11) is 3.78. The van der Waals surface area contributed by atoms with Crippen LogP contribution in [-0.4, -0.2) is 24.0 Å². The van der Waals surface area contributed by atoms with Crippen LogP contribution in [0.4, 0.5) is 0 Å². The molecule has 0 radical (unpaired) electrons. The molecule has 0 aliphatic heterocycles. The number of hydrogen-bond donors (Lipinski definition) is 0. The van der Waals surface area contributed by atoms with Crippen LogP contribution < -0.4 is 4.74 Å². The van der Waals surface area contributed by atoms with E-state index in [0.717, 1.165) is 41.2 Å². The zero-order valence-electron chi connectivity index (χ0n) is 16.5. The Morgan fingerprint density at radius 2 is 1.75 bits per heavy atom. The molecule has 4 heteroatoms. The summed E-state index contributed by atoms with van der Waals surface area (Å²) in [6.07, 6.45) is 0. The first-order valence-electron chi connectivity index (χ1n) is 9.40. The summed E-state index contributed by atoms with van der Waals surface area (Å²) in [6, 6.07) is 22.7. The van der Waals surface area contributed by atoms with E-state index in [1.165, 1.54) is 10.9 Å². The van der Waals surface area contributed by atoms with Crippen molar-refractivity contribution in [1.82, 2.24) is 9.88 Å². The molecule has 0 fully saturated rings. The average Bonchev–Trinajstić information content (AvgIpc) is 3.07. The fourth-order valence-electron chi connectivity index (χ4n) is 3.50. The van der Waals surface area contributed by atoms with E-state index in [1.807, 2.05) is 37.3 Å². The highest BCUT2D eigenvalue weighted by Crippen LogP contribution is 2.29. The summed E-state index contributed by atoms with van der Waals surface area (Å²) in [5, 5.41) is 2.34. The molecule has 0 N–H and O–H groups in total. The summed E-state index contributed by atoms with van der Waals surface area (Å²) in [6.45, 7) is 3.51. The molecule has 4 aromatic rings. The quantitative estimate of drug-likeness (QED) is 0.451. The first kappa shape index (κ1) is 18.3. The number of aryl methyl sites for hydroxylation is 1. The Kier molecular flexibility index (Phi) is 5.13. The molecule has 0 aliphatic rings. The molecule has 0 unspecified atom stereocenters. The molecule has 0 saturated heterocycles. The van der Waals surface area contributed by atoms with Gasteiger partial charge in [0.2, 0.25) is 5.89 Å². The summed E-state index contributed by atoms with van der Waals surface area (Å²) in [5.41, 5.74) is 3.20. The SMILES string of the molecule is COc1cccc(CN(C)Cc2nc(-c3cccc4ccccc34)oc2C)c1. The summed E-state index contributed by atoms with van der Waals surface area (Å²) in [5.74, 6) is 2.42. The van der Waals surface area contributed by atoms with Gasteiger partial charge in [-0.2, -0.15) is 0 Å². The minimum absolute atomic E-state index is 0.680. The van der Waals surface area contributed by atoms with Crippen molar-refractivity contribution in [3.8, 4) is 17.2 Å². The maximum Gasteiger partial charge on any atom is 0.227 e. The molecule has 0 bridgehead atoms. The van der Waals surface area contributed by atoms with Gasteiger partial charge in [0, 0.05) is 18.7 Å². The predicted molar refractivity (Wildman–Crippen MR) is 112 cm³/mol. The molecule has 0 spiro atoms. The van der Waals surface area contributed by atoms with E-state index in [0.29, 0.717) is 5.89 Å². The van der Waals surface area contributed by atoms with Gasteiger partial charge in [-0.1, -0.05) is 48.5 Å². The molecule has 1 aromatic heterocycles. The van der Waals surface area contributed by atoms with Crippen LogP contribution in [0.2, 0.25) is 0 Å². The van der Waals surface area contributed by atoms with Gasteiger partial charge >= 0.3 is 0 Å². The van der Waals surface area contributed by atoms with Crippen molar-refractivity contribution in [2.75, 3.05) is 14.2 Å². The van der Waals surface area contributed by atoms with Crippen molar-refractivity contribution in [2.24, 2.45) is 0 Å². The van der Waals surface area contributed by atoms with E-state index in [9.17, 15) is 0 Å². The van der Waals surface area contributed by atoms with Crippen LogP contribution in [0.1, 0.15) is 17.0 Å². The van der Waals surface area contributed by atoms with E-state index in [1.54, 1.807) is 7.11 Å². The van der Waals surface area contributed by atoms with Crippen LogP contribution >= 0.6 is 0 Å². The van der Waals surface area contributed by atoms with Crippen molar-refractivity contribution in [2.45, 2.75) is 20.0 Å². The predicted octanol–water partition coefficient (Wildman–Crippen LogP) is 5.44. The highest BCUT2D eigenvalue weighted by molar-refractivity contribution is 5.94. The number of hydrogen-bond acceptors (Lipinski definition) is 4. The van der Waals surface area contributed by atoms with E-state index in [4.69, 9.17) is 14.1 Å². The Morgan fingerprint density at radius 3 is 2.61 bits per heavy atom. The molecule has 0 amide bonds. The number of nitrogens with zero attached hydrogens (tertiary/aromatic N) is 2. The molecule has 1 heterocycles. The third-order valence-electron chi connectivity index (χ3n) is 4.92. The lowest BCUT2D eigenvalue weighted by molar-refractivity contribution is 0.312. The minimum atomic E-state index is 0.680. The normalized spacial score (nSPS) is 11.3. The maximum absolute atomic E-state index is 6.04. The van der Waals surface area contributed by atoms with Crippen LogP contribution in [0.15, 0.2) is 71.1 Å². The lowest BCUT2D eigenvalue weighted by Crippen LogP contribution is -2.18. The number of methoxy groups -OCH3 is 1. The molecule has 4 rings (SSSR count). The molecule has 28 heavy (non-hydrogen) atoms. The second kappa shape index (κ2) is 7.87. The second-order valence-electron chi connectivity index (χ2n) is 7.07. The standard InChI is InChI=1S/C24H24N2O2/c1-17-23(16-26(2)15-18-8-6-11-20(14-18)27-3)25-24(28-17)22-13-7-10-19-9-4-5-12-21(19)22/h4-14H,15-16H2,1-3H3. The minimum Gasteiger partial charge on any atom is -0.497 e. The first-order chi connectivity index (χ1) is 13.6. The number of oxazole rings is 1. The first-order valence-corrected chi connectivity index (χ1v) is 9.40. The maximum atomic E-state index is 6.04. The molecule has 4 nitrogen and oxygen atoms in total. The third kappa shape index (κ3) is 3.78. The molecule has 0 atom stereocenters. The van der Waals surface area contributed by atoms with E-state index < -0.39 is 0 Å². The van der Waals surface area contributed by atoms with Gasteiger partial charge in [-0.3, -0.25) is 4.90 Å². The van der Waals surface area contributed by atoms with Crippen molar-refractivity contribution in [3.63, 3.8) is 0 Å². The number of ether oxygens (including phenoxy) is 1. The van der Waals surface area contributed by atoms with Gasteiger partial charge in [0.1, 0.15) is 11.5 Å². The Hall–Kier alpha value is -3.11. The Balaban J connectivity index is 1.56. The largest absolute Gasteiger partial charge is 0.497 e. The van der Waals surface area contributed by atoms with Crippen molar-refractivity contribution in [1.29, 1.82) is 0 Å². The number of rotatable bonds is 6. The smallest absolute Gasteiger partial charge is 0.227 e. The highest BCUT2D eigenvalue weighted by Gasteiger charge is 2.15. The van der Waals surface area contributed by atoms with E-state index >= 15 is 0 Å². The second-order valence-corrected chi connectivity index (χ2v) is 7.07. The fraction of sp³-hybridized carbons (Fsp3) is 0.208. The Morgan fingerprint density at radius 1 is 0.964 bits per heavy atom. The highest BCUT2D eigenvalue weighted by atomic mass is 16.5. The summed E-state index contributed by atoms with van der Waals surface area (Å²) in [4.78, 5) is 7.04. The third-order valence-corrected chi connectivity index (χ3v) is 4.92. The fourth-order valence-corrected chi connectivity index (χ4v) is 3.50. The molecular weight excluding hydrogens is 348 g/mol. The average molecular weight is 372 g/mol. The zero-order chi connectivity index (χ0) is 19.5. The number of fused-ring (bicyclic) bond motifs is 1. The van der Waals surface area contributed by atoms with Crippen molar-refractivity contribution in [3.05, 3.63) is 83.7 Å². The summed E-state index contributed by atoms with van der Waals surface area (Å²) >= 11 is 0. The Labute approximate surface area is 165 Å². The Bertz CT molecular complexity index is 1100. The molecular formula is C24H24N2O2. The summed E-state index contributed by atoms with van der Waals surface area (Å²) < 4.78 is 11.4. The van der Waals surface area contributed by atoms with Crippen LogP contribution in [0, 0.1) is 6.92 Å². The topological polar surface area (TPSA) is 38.5 Å². The molecule has 142 valence electrons. The molecule has 0 saturated carbocycles. The zero-order valence-corrected chi connectivity index (χ0v) is 16.5. The lowest BCUT2D eigenvalue weighted by Gasteiger charge is -2.16. The molecule has 0 aliphatic carbocycles. The van der Waals surface area contributed by atoms with Crippen LogP contribution in [0.3, 0.4) is 0 Å². The van der Waals surface area contributed by atoms with Crippen molar-refractivity contribution < 1.29 is 9.15 Å². The van der Waals surface area contributed by atoms with Gasteiger partial charge < -0.3 is 9.15 Å². The number of aromatic nitrogens is 1. The number of benzene rings is 3. The van der Waals surface area contributed by atoms with Gasteiger partial charge in [0.15, 0.2) is 0 Å². The van der Waals surface area contributed by atoms with Gasteiger partial charge in [-0.15, -0.1) is 0 Å². The van der Waals surface area contributed by atoms with Crippen molar-refractivity contribution >= 4 is 10.8 Å². The van der Waals surface area contributed by atoms with Gasteiger partial charge in [0.25, 0.3) is 0 Å². The van der Waals surface area contributed by atoms with Gasteiger partial charge in [0.05, 0.1) is 12.8 Å². The lowest BCUT2D eigenvalue weighted by atomic mass is 10.0. The van der Waals surface area contributed by atoms with Gasteiger partial charge in [-0.05, 0) is 48.5 Å². The van der Waals surface area contributed by atoms with E-state index in [2.05, 4.69) is 48.3 Å². The van der Waals surface area contributed by atoms with Gasteiger partial charge in [-0.25, -0.2) is 4.98 Å². The monoisotopic (exact) mass is 372 g/mol. The van der Waals surface area contributed by atoms with Crippen LogP contribution in [0.25, 0.3) is 22.2 Å². The molecule has 3 aromatic carbocycles. The van der Waals surface area contributed by atoms with Crippen LogP contribution in [0.5, 0.6) is 5.75 Å².